The highest BCUT2D eigenvalue weighted by atomic mass is 16.5. The zero-order valence-electron chi connectivity index (χ0n) is 12.3. The Bertz CT molecular complexity index is 281. The topological polar surface area (TPSA) is 47.6 Å². The fourth-order valence-electron chi connectivity index (χ4n) is 2.25. The van der Waals surface area contributed by atoms with E-state index in [-0.39, 0.29) is 17.0 Å². The normalized spacial score (nSPS) is 24.6. The largest absolute Gasteiger partial charge is 0.465 e. The smallest absolute Gasteiger partial charge is 0.313 e. The van der Waals surface area contributed by atoms with Gasteiger partial charge in [0.1, 0.15) is 0 Å². The molecule has 4 heteroatoms. The molecule has 106 valence electrons. The van der Waals surface area contributed by atoms with Crippen LogP contribution in [0.25, 0.3) is 0 Å². The summed E-state index contributed by atoms with van der Waals surface area (Å²) >= 11 is 0. The van der Waals surface area contributed by atoms with Crippen LogP contribution in [-0.4, -0.2) is 38.4 Å². The van der Waals surface area contributed by atoms with Crippen LogP contribution in [0.4, 0.5) is 0 Å². The molecule has 0 aromatic heterocycles. The molecule has 1 N–H and O–H groups in total. The average Bonchev–Trinajstić information content (AvgIpc) is 2.79. The number of carbonyl (C=O) groups excluding carboxylic acids is 1. The SMILES string of the molecule is COC(C)(C)CCOC(=O)C1(C(C)C)CCNC1. The molecule has 0 amide bonds. The minimum Gasteiger partial charge on any atom is -0.465 e. The lowest BCUT2D eigenvalue weighted by Crippen LogP contribution is -2.40. The maximum absolute atomic E-state index is 12.3. The van der Waals surface area contributed by atoms with Gasteiger partial charge in [0.25, 0.3) is 0 Å². The van der Waals surface area contributed by atoms with Crippen molar-refractivity contribution in [2.45, 2.75) is 46.1 Å². The summed E-state index contributed by atoms with van der Waals surface area (Å²) in [4.78, 5) is 12.3. The van der Waals surface area contributed by atoms with Crippen LogP contribution in [0, 0.1) is 11.3 Å². The first-order chi connectivity index (χ1) is 8.34. The number of hydrogen-bond donors (Lipinski definition) is 1. The van der Waals surface area contributed by atoms with E-state index >= 15 is 0 Å². The third kappa shape index (κ3) is 3.45. The minimum absolute atomic E-state index is 0.0607. The number of ether oxygens (including phenoxy) is 2. The van der Waals surface area contributed by atoms with Crippen LogP contribution in [-0.2, 0) is 14.3 Å². The van der Waals surface area contributed by atoms with Crippen molar-refractivity contribution < 1.29 is 14.3 Å². The van der Waals surface area contributed by atoms with Crippen LogP contribution in [0.15, 0.2) is 0 Å². The molecular weight excluding hydrogens is 230 g/mol. The summed E-state index contributed by atoms with van der Waals surface area (Å²) in [5, 5.41) is 3.27. The van der Waals surface area contributed by atoms with E-state index in [1.165, 1.54) is 0 Å². The molecular formula is C14H27NO3. The van der Waals surface area contributed by atoms with E-state index in [1.54, 1.807) is 7.11 Å². The predicted molar refractivity (Wildman–Crippen MR) is 71.4 cm³/mol. The second-order valence-corrected chi connectivity index (χ2v) is 6.09. The van der Waals surface area contributed by atoms with Crippen LogP contribution < -0.4 is 5.32 Å². The van der Waals surface area contributed by atoms with Crippen molar-refractivity contribution in [3.05, 3.63) is 0 Å². The van der Waals surface area contributed by atoms with Gasteiger partial charge in [-0.2, -0.15) is 0 Å². The number of nitrogens with one attached hydrogen (secondary N) is 1. The predicted octanol–water partition coefficient (Wildman–Crippen LogP) is 1.98. The Morgan fingerprint density at radius 1 is 1.44 bits per heavy atom. The highest BCUT2D eigenvalue weighted by Gasteiger charge is 2.45. The highest BCUT2D eigenvalue weighted by Crippen LogP contribution is 2.35. The molecule has 0 saturated carbocycles. The maximum Gasteiger partial charge on any atom is 0.313 e. The standard InChI is InChI=1S/C14H27NO3/c1-11(2)14(6-8-15-10-14)12(16)18-9-7-13(3,4)17-5/h11,15H,6-10H2,1-5H3. The number of hydrogen-bond acceptors (Lipinski definition) is 4. The Balaban J connectivity index is 2.49. The van der Waals surface area contributed by atoms with Crippen LogP contribution in [0.2, 0.25) is 0 Å². The van der Waals surface area contributed by atoms with Gasteiger partial charge in [0.05, 0.1) is 17.6 Å². The number of methoxy groups -OCH3 is 1. The van der Waals surface area contributed by atoms with Gasteiger partial charge in [-0.05, 0) is 32.7 Å². The lowest BCUT2D eigenvalue weighted by molar-refractivity contribution is -0.159. The van der Waals surface area contributed by atoms with Gasteiger partial charge in [-0.25, -0.2) is 0 Å². The van der Waals surface area contributed by atoms with Crippen LogP contribution in [0.5, 0.6) is 0 Å². The van der Waals surface area contributed by atoms with Gasteiger partial charge < -0.3 is 14.8 Å². The van der Waals surface area contributed by atoms with Crippen molar-refractivity contribution in [1.82, 2.24) is 5.32 Å². The van der Waals surface area contributed by atoms with Gasteiger partial charge in [-0.15, -0.1) is 0 Å². The summed E-state index contributed by atoms with van der Waals surface area (Å²) in [7, 11) is 1.68. The molecule has 1 atom stereocenters. The van der Waals surface area contributed by atoms with E-state index in [0.717, 1.165) is 25.9 Å². The van der Waals surface area contributed by atoms with Gasteiger partial charge in [0.15, 0.2) is 0 Å². The van der Waals surface area contributed by atoms with Crippen molar-refractivity contribution in [2.75, 3.05) is 26.8 Å². The first-order valence-electron chi connectivity index (χ1n) is 6.77. The fraction of sp³-hybridized carbons (Fsp3) is 0.929. The van der Waals surface area contributed by atoms with E-state index in [2.05, 4.69) is 19.2 Å². The van der Waals surface area contributed by atoms with Crippen molar-refractivity contribution in [3.63, 3.8) is 0 Å². The molecule has 1 saturated heterocycles. The summed E-state index contributed by atoms with van der Waals surface area (Å²) in [6.07, 6.45) is 1.59. The fourth-order valence-corrected chi connectivity index (χ4v) is 2.25. The Morgan fingerprint density at radius 3 is 2.56 bits per heavy atom. The molecule has 4 nitrogen and oxygen atoms in total. The van der Waals surface area contributed by atoms with Gasteiger partial charge in [-0.1, -0.05) is 13.8 Å². The van der Waals surface area contributed by atoms with E-state index in [1.807, 2.05) is 13.8 Å². The molecule has 1 heterocycles. The van der Waals surface area contributed by atoms with Crippen LogP contribution in [0.3, 0.4) is 0 Å². The van der Waals surface area contributed by atoms with Crippen molar-refractivity contribution in [3.8, 4) is 0 Å². The second kappa shape index (κ2) is 6.02. The summed E-state index contributed by atoms with van der Waals surface area (Å²) in [6, 6.07) is 0. The summed E-state index contributed by atoms with van der Waals surface area (Å²) in [6.45, 7) is 10.2. The van der Waals surface area contributed by atoms with Gasteiger partial charge in [0, 0.05) is 20.1 Å². The molecule has 0 aliphatic carbocycles. The number of carbonyl (C=O) groups is 1. The van der Waals surface area contributed by atoms with Crippen LogP contribution >= 0.6 is 0 Å². The van der Waals surface area contributed by atoms with Gasteiger partial charge in [0.2, 0.25) is 0 Å². The first kappa shape index (κ1) is 15.4. The quantitative estimate of drug-likeness (QED) is 0.739. The zero-order valence-corrected chi connectivity index (χ0v) is 12.3. The Kier molecular flexibility index (Phi) is 5.17. The van der Waals surface area contributed by atoms with E-state index in [0.29, 0.717) is 12.5 Å². The number of rotatable bonds is 6. The monoisotopic (exact) mass is 257 g/mol. The Morgan fingerprint density at radius 2 is 2.11 bits per heavy atom. The van der Waals surface area contributed by atoms with Gasteiger partial charge in [-0.3, -0.25) is 4.79 Å². The molecule has 0 radical (unpaired) electrons. The van der Waals surface area contributed by atoms with Gasteiger partial charge >= 0.3 is 5.97 Å². The van der Waals surface area contributed by atoms with Crippen molar-refractivity contribution in [2.24, 2.45) is 11.3 Å². The van der Waals surface area contributed by atoms with E-state index in [4.69, 9.17) is 9.47 Å². The average molecular weight is 257 g/mol. The van der Waals surface area contributed by atoms with E-state index in [9.17, 15) is 4.79 Å². The summed E-state index contributed by atoms with van der Waals surface area (Å²) < 4.78 is 10.8. The zero-order chi connectivity index (χ0) is 13.8. The van der Waals surface area contributed by atoms with E-state index < -0.39 is 0 Å². The molecule has 1 aliphatic rings. The molecule has 0 bridgehead atoms. The molecule has 0 aromatic rings. The summed E-state index contributed by atoms with van der Waals surface area (Å²) in [5.41, 5.74) is -0.573. The minimum atomic E-state index is -0.336. The van der Waals surface area contributed by atoms with Crippen molar-refractivity contribution >= 4 is 5.97 Å². The lowest BCUT2D eigenvalue weighted by atomic mass is 9.76. The lowest BCUT2D eigenvalue weighted by Gasteiger charge is -2.30. The van der Waals surface area contributed by atoms with Crippen LogP contribution in [0.1, 0.15) is 40.5 Å². The van der Waals surface area contributed by atoms with Crippen molar-refractivity contribution in [1.29, 1.82) is 0 Å². The third-order valence-corrected chi connectivity index (χ3v) is 4.19. The second-order valence-electron chi connectivity index (χ2n) is 6.09. The molecule has 0 spiro atoms. The maximum atomic E-state index is 12.3. The first-order valence-corrected chi connectivity index (χ1v) is 6.77. The molecule has 18 heavy (non-hydrogen) atoms. The third-order valence-electron chi connectivity index (χ3n) is 4.19. The molecule has 1 fully saturated rings. The molecule has 0 aromatic carbocycles. The molecule has 1 aliphatic heterocycles. The number of esters is 1. The Labute approximate surface area is 110 Å². The molecule has 1 rings (SSSR count). The summed E-state index contributed by atoms with van der Waals surface area (Å²) in [5.74, 6) is 0.241. The highest BCUT2D eigenvalue weighted by molar-refractivity contribution is 5.78. The Hall–Kier alpha value is -0.610. The molecule has 1 unspecified atom stereocenters.